The highest BCUT2D eigenvalue weighted by atomic mass is 16.5. The van der Waals surface area contributed by atoms with E-state index in [-0.39, 0.29) is 30.8 Å². The summed E-state index contributed by atoms with van der Waals surface area (Å²) in [6.07, 6.45) is 0.196. The predicted octanol–water partition coefficient (Wildman–Crippen LogP) is 1.64. The topological polar surface area (TPSA) is 59.5 Å². The molecule has 1 atom stereocenters. The average molecular weight is 282 g/mol. The van der Waals surface area contributed by atoms with Crippen molar-refractivity contribution < 1.29 is 14.3 Å². The third-order valence-corrected chi connectivity index (χ3v) is 4.11. The fraction of sp³-hybridized carbons (Fsp3) is 0.312. The van der Waals surface area contributed by atoms with Gasteiger partial charge in [-0.05, 0) is 17.7 Å². The smallest absolute Gasteiger partial charge is 0.306 e. The number of benzene rings is 1. The van der Waals surface area contributed by atoms with Crippen LogP contribution in [0, 0.1) is 5.92 Å². The summed E-state index contributed by atoms with van der Waals surface area (Å²) in [5, 5.41) is 1.09. The van der Waals surface area contributed by atoms with Gasteiger partial charge in [0.2, 0.25) is 5.91 Å². The molecule has 21 heavy (non-hydrogen) atoms. The summed E-state index contributed by atoms with van der Waals surface area (Å²) < 4.78 is 4.88. The van der Waals surface area contributed by atoms with Gasteiger partial charge in [-0.3, -0.25) is 14.6 Å². The Kier molecular flexibility index (Phi) is 2.67. The number of carbonyl (C=O) groups is 2. The van der Waals surface area contributed by atoms with Crippen LogP contribution in [0.4, 0.5) is 0 Å². The van der Waals surface area contributed by atoms with E-state index in [1.807, 2.05) is 24.3 Å². The lowest BCUT2D eigenvalue weighted by molar-refractivity contribution is -0.138. The van der Waals surface area contributed by atoms with Gasteiger partial charge < -0.3 is 9.64 Å². The van der Waals surface area contributed by atoms with E-state index >= 15 is 0 Å². The Morgan fingerprint density at radius 1 is 1.29 bits per heavy atom. The molecule has 1 fully saturated rings. The fourth-order valence-electron chi connectivity index (χ4n) is 3.00. The monoisotopic (exact) mass is 282 g/mol. The molecular formula is C16H14N2O3. The summed E-state index contributed by atoms with van der Waals surface area (Å²) in [4.78, 5) is 30.0. The zero-order valence-corrected chi connectivity index (χ0v) is 11.4. The third kappa shape index (κ3) is 2.05. The van der Waals surface area contributed by atoms with Crippen molar-refractivity contribution in [2.45, 2.75) is 19.5 Å². The molecule has 1 aromatic heterocycles. The van der Waals surface area contributed by atoms with E-state index in [1.165, 1.54) is 0 Å². The number of para-hydroxylation sites is 1. The first kappa shape index (κ1) is 12.3. The van der Waals surface area contributed by atoms with E-state index in [2.05, 4.69) is 11.1 Å². The number of cyclic esters (lactones) is 1. The van der Waals surface area contributed by atoms with Crippen molar-refractivity contribution in [2.24, 2.45) is 5.92 Å². The largest absolute Gasteiger partial charge is 0.465 e. The van der Waals surface area contributed by atoms with Gasteiger partial charge in [0.25, 0.3) is 0 Å². The molecule has 106 valence electrons. The second kappa shape index (κ2) is 4.55. The molecule has 0 bridgehead atoms. The molecule has 2 aliphatic heterocycles. The summed E-state index contributed by atoms with van der Waals surface area (Å²) >= 11 is 0. The molecule has 0 aliphatic carbocycles. The normalized spacial score (nSPS) is 20.7. The molecule has 5 heteroatoms. The zero-order chi connectivity index (χ0) is 14.4. The minimum Gasteiger partial charge on any atom is -0.465 e. The first-order valence-electron chi connectivity index (χ1n) is 7.02. The molecule has 4 rings (SSSR count). The molecular weight excluding hydrogens is 268 g/mol. The van der Waals surface area contributed by atoms with Gasteiger partial charge in [0.15, 0.2) is 0 Å². The summed E-state index contributed by atoms with van der Waals surface area (Å²) in [6, 6.07) is 10.0. The van der Waals surface area contributed by atoms with Gasteiger partial charge in [-0.1, -0.05) is 18.2 Å². The van der Waals surface area contributed by atoms with Gasteiger partial charge >= 0.3 is 5.97 Å². The van der Waals surface area contributed by atoms with E-state index < -0.39 is 0 Å². The Morgan fingerprint density at radius 2 is 2.14 bits per heavy atom. The van der Waals surface area contributed by atoms with E-state index in [0.717, 1.165) is 22.2 Å². The van der Waals surface area contributed by atoms with Gasteiger partial charge in [-0.25, -0.2) is 0 Å². The summed E-state index contributed by atoms with van der Waals surface area (Å²) in [5.74, 6) is -0.627. The first-order valence-corrected chi connectivity index (χ1v) is 7.02. The maximum atomic E-state index is 12.4. The molecule has 0 N–H and O–H groups in total. The molecule has 1 saturated heterocycles. The third-order valence-electron chi connectivity index (χ3n) is 4.11. The first-order chi connectivity index (χ1) is 10.2. The summed E-state index contributed by atoms with van der Waals surface area (Å²) in [7, 11) is 0. The number of hydrogen-bond acceptors (Lipinski definition) is 4. The zero-order valence-electron chi connectivity index (χ0n) is 11.4. The van der Waals surface area contributed by atoms with Crippen molar-refractivity contribution in [3.05, 3.63) is 41.6 Å². The second-order valence-electron chi connectivity index (χ2n) is 5.57. The number of carbonyl (C=O) groups excluding carboxylic acids is 2. The van der Waals surface area contributed by atoms with Crippen molar-refractivity contribution in [3.63, 3.8) is 0 Å². The van der Waals surface area contributed by atoms with Crippen molar-refractivity contribution in [3.8, 4) is 0 Å². The number of rotatable bonds is 1. The number of esters is 1. The van der Waals surface area contributed by atoms with Crippen LogP contribution in [0.2, 0.25) is 0 Å². The highest BCUT2D eigenvalue weighted by Gasteiger charge is 2.35. The SMILES string of the molecule is O=C1CC(C(=O)N2Cc3cc4ccccc4nc3C2)CO1. The molecule has 1 amide bonds. The van der Waals surface area contributed by atoms with Crippen LogP contribution in [0.15, 0.2) is 30.3 Å². The predicted molar refractivity (Wildman–Crippen MR) is 75.1 cm³/mol. The van der Waals surface area contributed by atoms with Gasteiger partial charge in [0.05, 0.1) is 30.1 Å². The van der Waals surface area contributed by atoms with E-state index in [1.54, 1.807) is 4.90 Å². The standard InChI is InChI=1S/C16H14N2O3/c19-15-6-12(9-21-15)16(20)18-7-11-5-10-3-1-2-4-13(10)17-14(11)8-18/h1-5,12H,6-9H2. The number of pyridine rings is 1. The Morgan fingerprint density at radius 3 is 2.95 bits per heavy atom. The van der Waals surface area contributed by atoms with Gasteiger partial charge in [-0.2, -0.15) is 0 Å². The van der Waals surface area contributed by atoms with E-state index in [9.17, 15) is 9.59 Å². The molecule has 0 saturated carbocycles. The molecule has 2 aromatic rings. The maximum absolute atomic E-state index is 12.4. The molecule has 0 radical (unpaired) electrons. The molecule has 0 spiro atoms. The quantitative estimate of drug-likeness (QED) is 0.746. The van der Waals surface area contributed by atoms with Crippen LogP contribution in [0.5, 0.6) is 0 Å². The van der Waals surface area contributed by atoms with Crippen LogP contribution in [0.3, 0.4) is 0 Å². The Hall–Kier alpha value is -2.43. The van der Waals surface area contributed by atoms with Crippen LogP contribution in [0.25, 0.3) is 10.9 Å². The van der Waals surface area contributed by atoms with Crippen molar-refractivity contribution >= 4 is 22.8 Å². The highest BCUT2D eigenvalue weighted by Crippen LogP contribution is 2.28. The number of amides is 1. The van der Waals surface area contributed by atoms with Crippen LogP contribution in [0.1, 0.15) is 17.7 Å². The lowest BCUT2D eigenvalue weighted by atomic mass is 10.1. The number of ether oxygens (including phenoxy) is 1. The Labute approximate surface area is 121 Å². The van der Waals surface area contributed by atoms with Crippen LogP contribution >= 0.6 is 0 Å². The molecule has 3 heterocycles. The summed E-state index contributed by atoms with van der Waals surface area (Å²) in [6.45, 7) is 1.29. The highest BCUT2D eigenvalue weighted by molar-refractivity contribution is 5.87. The minimum atomic E-state index is -0.332. The molecule has 2 aliphatic rings. The van der Waals surface area contributed by atoms with Crippen LogP contribution in [-0.4, -0.2) is 28.4 Å². The van der Waals surface area contributed by atoms with Crippen molar-refractivity contribution in [1.29, 1.82) is 0 Å². The van der Waals surface area contributed by atoms with Crippen LogP contribution < -0.4 is 0 Å². The van der Waals surface area contributed by atoms with Crippen molar-refractivity contribution in [1.82, 2.24) is 9.88 Å². The Balaban J connectivity index is 1.60. The molecule has 1 unspecified atom stereocenters. The van der Waals surface area contributed by atoms with Gasteiger partial charge in [0, 0.05) is 11.9 Å². The lowest BCUT2D eigenvalue weighted by Crippen LogP contribution is -2.32. The number of fused-ring (bicyclic) bond motifs is 2. The maximum Gasteiger partial charge on any atom is 0.306 e. The minimum absolute atomic E-state index is 0.0112. The number of nitrogens with zero attached hydrogens (tertiary/aromatic N) is 2. The van der Waals surface area contributed by atoms with Gasteiger partial charge in [0.1, 0.15) is 6.61 Å². The summed E-state index contributed by atoms with van der Waals surface area (Å²) in [5.41, 5.74) is 2.99. The molecule has 1 aromatic carbocycles. The average Bonchev–Trinajstić information content (AvgIpc) is 3.09. The van der Waals surface area contributed by atoms with Crippen molar-refractivity contribution in [2.75, 3.05) is 6.61 Å². The number of hydrogen-bond donors (Lipinski definition) is 0. The van der Waals surface area contributed by atoms with Crippen LogP contribution in [-0.2, 0) is 27.4 Å². The van der Waals surface area contributed by atoms with E-state index in [0.29, 0.717) is 13.1 Å². The lowest BCUT2D eigenvalue weighted by Gasteiger charge is -2.17. The number of aromatic nitrogens is 1. The Bertz CT molecular complexity index is 712. The molecule has 5 nitrogen and oxygen atoms in total. The van der Waals surface area contributed by atoms with E-state index in [4.69, 9.17) is 4.74 Å². The second-order valence-corrected chi connectivity index (χ2v) is 5.57. The van der Waals surface area contributed by atoms with Gasteiger partial charge in [-0.15, -0.1) is 0 Å². The fourth-order valence-corrected chi connectivity index (χ4v) is 3.00.